The molecule has 31 heavy (non-hydrogen) atoms. The molecule has 164 valence electrons. The van der Waals surface area contributed by atoms with Gasteiger partial charge in [0.15, 0.2) is 0 Å². The fourth-order valence-electron chi connectivity index (χ4n) is 4.56. The molecule has 0 bridgehead atoms. The summed E-state index contributed by atoms with van der Waals surface area (Å²) in [6.45, 7) is 3.14. The Kier molecular flexibility index (Phi) is 6.85. The van der Waals surface area contributed by atoms with Crippen molar-refractivity contribution in [3.63, 3.8) is 0 Å². The van der Waals surface area contributed by atoms with Gasteiger partial charge >= 0.3 is 0 Å². The van der Waals surface area contributed by atoms with Gasteiger partial charge in [-0.3, -0.25) is 9.59 Å². The van der Waals surface area contributed by atoms with Crippen molar-refractivity contribution in [2.75, 3.05) is 36.4 Å². The lowest BCUT2D eigenvalue weighted by Gasteiger charge is -2.36. The molecule has 2 fully saturated rings. The van der Waals surface area contributed by atoms with E-state index in [0.717, 1.165) is 44.2 Å². The van der Waals surface area contributed by atoms with Gasteiger partial charge in [-0.1, -0.05) is 25.7 Å². The molecule has 2 amide bonds. The molecule has 5 nitrogen and oxygen atoms in total. The molecule has 0 aromatic heterocycles. The molecule has 2 aromatic rings. The molecule has 0 radical (unpaired) electrons. The molecule has 1 saturated heterocycles. The van der Waals surface area contributed by atoms with E-state index in [4.69, 9.17) is 0 Å². The Balaban J connectivity index is 1.24. The molecule has 0 atom stereocenters. The fourth-order valence-corrected chi connectivity index (χ4v) is 4.56. The molecule has 1 heterocycles. The predicted octanol–water partition coefficient (Wildman–Crippen LogP) is 4.70. The third kappa shape index (κ3) is 5.63. The van der Waals surface area contributed by atoms with E-state index in [1.54, 1.807) is 0 Å². The van der Waals surface area contributed by atoms with Gasteiger partial charge in [0.1, 0.15) is 5.82 Å². The Morgan fingerprint density at radius 1 is 0.903 bits per heavy atom. The molecule has 1 aliphatic heterocycles. The molecule has 0 unspecified atom stereocenters. The summed E-state index contributed by atoms with van der Waals surface area (Å²) in [5.74, 6) is 0.423. The first kappa shape index (κ1) is 21.3. The van der Waals surface area contributed by atoms with Crippen LogP contribution in [-0.2, 0) is 4.79 Å². The van der Waals surface area contributed by atoms with Crippen LogP contribution in [0.5, 0.6) is 0 Å². The minimum Gasteiger partial charge on any atom is -0.368 e. The summed E-state index contributed by atoms with van der Waals surface area (Å²) < 4.78 is 13.0. The number of halogens is 1. The minimum atomic E-state index is -0.364. The van der Waals surface area contributed by atoms with Crippen molar-refractivity contribution in [2.24, 2.45) is 5.92 Å². The number of carbonyl (C=O) groups excluding carboxylic acids is 2. The van der Waals surface area contributed by atoms with Gasteiger partial charge in [-0.2, -0.15) is 0 Å². The van der Waals surface area contributed by atoms with Gasteiger partial charge in [0.2, 0.25) is 5.91 Å². The van der Waals surface area contributed by atoms with Crippen LogP contribution in [0.25, 0.3) is 0 Å². The number of rotatable bonds is 6. The summed E-state index contributed by atoms with van der Waals surface area (Å²) in [6.07, 6.45) is 6.97. The topological polar surface area (TPSA) is 52.7 Å². The first-order valence-electron chi connectivity index (χ1n) is 11.3. The van der Waals surface area contributed by atoms with Crippen LogP contribution in [0.15, 0.2) is 48.5 Å². The maximum absolute atomic E-state index is 13.0. The Hall–Kier alpha value is -2.89. The van der Waals surface area contributed by atoms with Crippen LogP contribution in [0.1, 0.15) is 48.9 Å². The van der Waals surface area contributed by atoms with Crippen molar-refractivity contribution < 1.29 is 14.0 Å². The third-order valence-corrected chi connectivity index (χ3v) is 6.47. The molecular formula is C25H30FN3O2. The van der Waals surface area contributed by atoms with Gasteiger partial charge < -0.3 is 15.1 Å². The maximum atomic E-state index is 13.0. The van der Waals surface area contributed by atoms with E-state index in [1.807, 2.05) is 29.2 Å². The number of piperazine rings is 1. The second-order valence-corrected chi connectivity index (χ2v) is 8.56. The zero-order chi connectivity index (χ0) is 21.6. The standard InChI is InChI=1S/C25H30FN3O2/c26-21-8-6-20(7-9-21)25(31)27-22-10-12-23(13-11-22)28-15-17-29(18-16-28)24(30)14-5-19-3-1-2-4-19/h6-13,19H,1-5,14-18H2,(H,27,31). The second kappa shape index (κ2) is 9.94. The number of hydrogen-bond acceptors (Lipinski definition) is 3. The molecule has 2 aromatic carbocycles. The lowest BCUT2D eigenvalue weighted by Crippen LogP contribution is -2.48. The average molecular weight is 424 g/mol. The number of amides is 2. The number of anilines is 2. The van der Waals surface area contributed by atoms with Crippen LogP contribution in [-0.4, -0.2) is 42.9 Å². The summed E-state index contributed by atoms with van der Waals surface area (Å²) in [7, 11) is 0. The number of nitrogens with one attached hydrogen (secondary N) is 1. The molecule has 2 aliphatic rings. The molecule has 0 spiro atoms. The van der Waals surface area contributed by atoms with Crippen molar-refractivity contribution in [2.45, 2.75) is 38.5 Å². The zero-order valence-corrected chi connectivity index (χ0v) is 17.9. The number of hydrogen-bond donors (Lipinski definition) is 1. The van der Waals surface area contributed by atoms with Crippen molar-refractivity contribution in [1.82, 2.24) is 4.90 Å². The first-order valence-corrected chi connectivity index (χ1v) is 11.3. The molecule has 1 aliphatic carbocycles. The van der Waals surface area contributed by atoms with Crippen molar-refractivity contribution >= 4 is 23.2 Å². The summed E-state index contributed by atoms with van der Waals surface area (Å²) >= 11 is 0. The van der Waals surface area contributed by atoms with Crippen molar-refractivity contribution in [3.8, 4) is 0 Å². The van der Waals surface area contributed by atoms with Crippen LogP contribution in [0.4, 0.5) is 15.8 Å². The highest BCUT2D eigenvalue weighted by atomic mass is 19.1. The van der Waals surface area contributed by atoms with Gasteiger partial charge in [-0.05, 0) is 60.9 Å². The number of carbonyl (C=O) groups is 2. The smallest absolute Gasteiger partial charge is 0.255 e. The highest BCUT2D eigenvalue weighted by molar-refractivity contribution is 6.04. The van der Waals surface area contributed by atoms with Gasteiger partial charge in [0, 0.05) is 49.5 Å². The molecule has 1 N–H and O–H groups in total. The first-order chi connectivity index (χ1) is 15.1. The zero-order valence-electron chi connectivity index (χ0n) is 17.9. The van der Waals surface area contributed by atoms with Gasteiger partial charge in [-0.25, -0.2) is 4.39 Å². The summed E-state index contributed by atoms with van der Waals surface area (Å²) in [5, 5.41) is 2.83. The quantitative estimate of drug-likeness (QED) is 0.733. The summed E-state index contributed by atoms with van der Waals surface area (Å²) in [4.78, 5) is 29.1. The van der Waals surface area contributed by atoms with Crippen molar-refractivity contribution in [1.29, 1.82) is 0 Å². The van der Waals surface area contributed by atoms with E-state index in [1.165, 1.54) is 49.9 Å². The van der Waals surface area contributed by atoms with Gasteiger partial charge in [-0.15, -0.1) is 0 Å². The van der Waals surface area contributed by atoms with Gasteiger partial charge in [0.05, 0.1) is 0 Å². The minimum absolute atomic E-state index is 0.266. The highest BCUT2D eigenvalue weighted by Crippen LogP contribution is 2.29. The third-order valence-electron chi connectivity index (χ3n) is 6.47. The Morgan fingerprint density at radius 2 is 1.55 bits per heavy atom. The monoisotopic (exact) mass is 423 g/mol. The maximum Gasteiger partial charge on any atom is 0.255 e. The second-order valence-electron chi connectivity index (χ2n) is 8.56. The molecule has 1 saturated carbocycles. The van der Waals surface area contributed by atoms with E-state index in [2.05, 4.69) is 10.2 Å². The number of benzene rings is 2. The molecular weight excluding hydrogens is 393 g/mol. The normalized spacial score (nSPS) is 17.1. The lowest BCUT2D eigenvalue weighted by atomic mass is 10.0. The van der Waals surface area contributed by atoms with E-state index in [0.29, 0.717) is 23.6 Å². The van der Waals surface area contributed by atoms with Crippen LogP contribution < -0.4 is 10.2 Å². The Morgan fingerprint density at radius 3 is 2.19 bits per heavy atom. The van der Waals surface area contributed by atoms with Crippen LogP contribution in [0, 0.1) is 11.7 Å². The van der Waals surface area contributed by atoms with E-state index in [9.17, 15) is 14.0 Å². The molecule has 4 rings (SSSR count). The largest absolute Gasteiger partial charge is 0.368 e. The molecule has 6 heteroatoms. The Labute approximate surface area is 183 Å². The fraction of sp³-hybridized carbons (Fsp3) is 0.440. The predicted molar refractivity (Wildman–Crippen MR) is 121 cm³/mol. The summed E-state index contributed by atoms with van der Waals surface area (Å²) in [6, 6.07) is 13.2. The summed E-state index contributed by atoms with van der Waals surface area (Å²) in [5.41, 5.74) is 2.19. The number of nitrogens with zero attached hydrogens (tertiary/aromatic N) is 2. The van der Waals surface area contributed by atoms with E-state index in [-0.39, 0.29) is 11.7 Å². The van der Waals surface area contributed by atoms with E-state index < -0.39 is 0 Å². The van der Waals surface area contributed by atoms with Crippen LogP contribution in [0.2, 0.25) is 0 Å². The average Bonchev–Trinajstić information content (AvgIpc) is 3.32. The van der Waals surface area contributed by atoms with Crippen molar-refractivity contribution in [3.05, 3.63) is 59.9 Å². The van der Waals surface area contributed by atoms with Crippen LogP contribution in [0.3, 0.4) is 0 Å². The highest BCUT2D eigenvalue weighted by Gasteiger charge is 2.23. The lowest BCUT2D eigenvalue weighted by molar-refractivity contribution is -0.131. The van der Waals surface area contributed by atoms with Gasteiger partial charge in [0.25, 0.3) is 5.91 Å². The SMILES string of the molecule is O=C(Nc1ccc(N2CCN(C(=O)CCC3CCCC3)CC2)cc1)c1ccc(F)cc1. The van der Waals surface area contributed by atoms with Crippen LogP contribution >= 0.6 is 0 Å². The van der Waals surface area contributed by atoms with E-state index >= 15 is 0 Å². The Bertz CT molecular complexity index is 884.